The second kappa shape index (κ2) is 7.27. The molecule has 1 aromatic carbocycles. The Hall–Kier alpha value is -3.47. The summed E-state index contributed by atoms with van der Waals surface area (Å²) in [6, 6.07) is 8.01. The second-order valence-corrected chi connectivity index (χ2v) is 6.88. The molecule has 0 radical (unpaired) electrons. The SMILES string of the molecule is CN(c1ncnc2[nH]ccc12)C1CCN(C(=O)c2ccc(C#N)cc2F)CC1. The largest absolute Gasteiger partial charge is 0.356 e. The van der Waals surface area contributed by atoms with Gasteiger partial charge in [-0.05, 0) is 37.1 Å². The molecular formula is C20H19FN6O. The van der Waals surface area contributed by atoms with Crippen molar-refractivity contribution in [1.82, 2.24) is 19.9 Å². The molecule has 0 aliphatic carbocycles. The van der Waals surface area contributed by atoms with E-state index in [1.165, 1.54) is 18.5 Å². The van der Waals surface area contributed by atoms with E-state index in [9.17, 15) is 9.18 Å². The highest BCUT2D eigenvalue weighted by molar-refractivity contribution is 5.94. The van der Waals surface area contributed by atoms with Crippen molar-refractivity contribution in [1.29, 1.82) is 5.26 Å². The van der Waals surface area contributed by atoms with E-state index in [1.807, 2.05) is 25.4 Å². The molecule has 8 heteroatoms. The van der Waals surface area contributed by atoms with Crippen molar-refractivity contribution in [3.05, 3.63) is 53.7 Å². The number of hydrogen-bond donors (Lipinski definition) is 1. The van der Waals surface area contributed by atoms with Crippen LogP contribution in [0.25, 0.3) is 11.0 Å². The van der Waals surface area contributed by atoms with Crippen LogP contribution in [-0.2, 0) is 0 Å². The molecule has 1 amide bonds. The number of hydrogen-bond acceptors (Lipinski definition) is 5. The van der Waals surface area contributed by atoms with Crippen LogP contribution in [-0.4, -0.2) is 51.9 Å². The van der Waals surface area contributed by atoms with Crippen molar-refractivity contribution >= 4 is 22.8 Å². The first-order chi connectivity index (χ1) is 13.6. The maximum atomic E-state index is 14.2. The molecule has 0 unspecified atom stereocenters. The molecule has 4 rings (SSSR count). The lowest BCUT2D eigenvalue weighted by Crippen LogP contribution is -2.46. The first-order valence-electron chi connectivity index (χ1n) is 9.08. The maximum absolute atomic E-state index is 14.2. The molecule has 1 aliphatic heterocycles. The zero-order valence-corrected chi connectivity index (χ0v) is 15.4. The highest BCUT2D eigenvalue weighted by Gasteiger charge is 2.28. The van der Waals surface area contributed by atoms with E-state index < -0.39 is 5.82 Å². The number of rotatable bonds is 3. The quantitative estimate of drug-likeness (QED) is 0.757. The van der Waals surface area contributed by atoms with E-state index in [0.29, 0.717) is 13.1 Å². The number of aromatic nitrogens is 3. The fourth-order valence-electron chi connectivity index (χ4n) is 3.70. The van der Waals surface area contributed by atoms with Gasteiger partial charge in [0, 0.05) is 32.4 Å². The molecule has 2 aromatic heterocycles. The van der Waals surface area contributed by atoms with E-state index in [0.717, 1.165) is 35.8 Å². The van der Waals surface area contributed by atoms with E-state index in [2.05, 4.69) is 19.9 Å². The van der Waals surface area contributed by atoms with Crippen LogP contribution in [0.3, 0.4) is 0 Å². The molecule has 0 saturated carbocycles. The zero-order valence-electron chi connectivity index (χ0n) is 15.4. The van der Waals surface area contributed by atoms with Crippen LogP contribution in [0.1, 0.15) is 28.8 Å². The van der Waals surface area contributed by atoms with Crippen molar-refractivity contribution in [2.24, 2.45) is 0 Å². The number of piperidine rings is 1. The van der Waals surface area contributed by atoms with Gasteiger partial charge in [-0.1, -0.05) is 0 Å². The van der Waals surface area contributed by atoms with Gasteiger partial charge in [0.1, 0.15) is 23.6 Å². The molecule has 28 heavy (non-hydrogen) atoms. The first kappa shape index (κ1) is 17.9. The summed E-state index contributed by atoms with van der Waals surface area (Å²) in [5, 5.41) is 9.80. The first-order valence-corrected chi connectivity index (χ1v) is 9.08. The highest BCUT2D eigenvalue weighted by Crippen LogP contribution is 2.27. The lowest BCUT2D eigenvalue weighted by molar-refractivity contribution is 0.0708. The summed E-state index contributed by atoms with van der Waals surface area (Å²) in [6.07, 6.45) is 4.90. The van der Waals surface area contributed by atoms with Crippen LogP contribution in [0.2, 0.25) is 0 Å². The van der Waals surface area contributed by atoms with Crippen LogP contribution in [0.5, 0.6) is 0 Å². The zero-order chi connectivity index (χ0) is 19.7. The Bertz CT molecular complexity index is 1060. The molecule has 1 fully saturated rings. The molecule has 7 nitrogen and oxygen atoms in total. The number of nitrogens with one attached hydrogen (secondary N) is 1. The summed E-state index contributed by atoms with van der Waals surface area (Å²) < 4.78 is 14.2. The number of nitrogens with zero attached hydrogens (tertiary/aromatic N) is 5. The lowest BCUT2D eigenvalue weighted by Gasteiger charge is -2.37. The van der Waals surface area contributed by atoms with Gasteiger partial charge < -0.3 is 14.8 Å². The third kappa shape index (κ3) is 3.16. The number of carbonyl (C=O) groups is 1. The highest BCUT2D eigenvalue weighted by atomic mass is 19.1. The Morgan fingerprint density at radius 3 is 2.82 bits per heavy atom. The minimum atomic E-state index is -0.654. The number of anilines is 1. The van der Waals surface area contributed by atoms with Crippen LogP contribution in [0.15, 0.2) is 36.8 Å². The number of H-pyrrole nitrogens is 1. The molecular weight excluding hydrogens is 359 g/mol. The van der Waals surface area contributed by atoms with E-state index in [4.69, 9.17) is 5.26 Å². The fourth-order valence-corrected chi connectivity index (χ4v) is 3.70. The molecule has 3 aromatic rings. The minimum Gasteiger partial charge on any atom is -0.356 e. The van der Waals surface area contributed by atoms with Gasteiger partial charge >= 0.3 is 0 Å². The maximum Gasteiger partial charge on any atom is 0.256 e. The Labute approximate surface area is 161 Å². The van der Waals surface area contributed by atoms with Gasteiger partial charge in [0.25, 0.3) is 5.91 Å². The predicted molar refractivity (Wildman–Crippen MR) is 102 cm³/mol. The second-order valence-electron chi connectivity index (χ2n) is 6.88. The van der Waals surface area contributed by atoms with Gasteiger partial charge in [-0.15, -0.1) is 0 Å². The number of amides is 1. The van der Waals surface area contributed by atoms with Crippen LogP contribution < -0.4 is 4.90 Å². The van der Waals surface area contributed by atoms with Gasteiger partial charge in [-0.2, -0.15) is 5.26 Å². The molecule has 0 bridgehead atoms. The number of fused-ring (bicyclic) bond motifs is 1. The normalized spacial score (nSPS) is 14.8. The van der Waals surface area contributed by atoms with Crippen molar-refractivity contribution in [3.63, 3.8) is 0 Å². The van der Waals surface area contributed by atoms with Crippen LogP contribution >= 0.6 is 0 Å². The minimum absolute atomic E-state index is 0.00985. The molecule has 142 valence electrons. The molecule has 1 saturated heterocycles. The summed E-state index contributed by atoms with van der Waals surface area (Å²) in [7, 11) is 2.00. The standard InChI is InChI=1S/C20H19FN6O/c1-26(19-16-4-7-23-18(16)24-12-25-19)14-5-8-27(9-6-14)20(28)15-3-2-13(11-22)10-17(15)21/h2-4,7,10,12,14H,5-6,8-9H2,1H3,(H,23,24,25). The van der Waals surface area contributed by atoms with Gasteiger partial charge in [0.05, 0.1) is 22.6 Å². The summed E-state index contributed by atoms with van der Waals surface area (Å²) >= 11 is 0. The molecule has 1 N–H and O–H groups in total. The van der Waals surface area contributed by atoms with Gasteiger partial charge in [-0.25, -0.2) is 14.4 Å². The monoisotopic (exact) mass is 378 g/mol. The average molecular weight is 378 g/mol. The van der Waals surface area contributed by atoms with Crippen molar-refractivity contribution < 1.29 is 9.18 Å². The van der Waals surface area contributed by atoms with Crippen molar-refractivity contribution in [2.45, 2.75) is 18.9 Å². The summed E-state index contributed by atoms with van der Waals surface area (Å²) in [5.41, 5.74) is 1.01. The third-order valence-electron chi connectivity index (χ3n) is 5.30. The summed E-state index contributed by atoms with van der Waals surface area (Å²) in [5.74, 6) is -0.133. The summed E-state index contributed by atoms with van der Waals surface area (Å²) in [6.45, 7) is 1.07. The Morgan fingerprint density at radius 1 is 1.32 bits per heavy atom. The average Bonchev–Trinajstić information content (AvgIpc) is 3.21. The number of likely N-dealkylation sites (tertiary alicyclic amines) is 1. The number of halogens is 1. The summed E-state index contributed by atoms with van der Waals surface area (Å²) in [4.78, 5) is 28.2. The third-order valence-corrected chi connectivity index (χ3v) is 5.30. The van der Waals surface area contributed by atoms with Crippen molar-refractivity contribution in [2.75, 3.05) is 25.0 Å². The topological polar surface area (TPSA) is 88.9 Å². The van der Waals surface area contributed by atoms with Gasteiger partial charge in [0.2, 0.25) is 0 Å². The lowest BCUT2D eigenvalue weighted by atomic mass is 10.0. The van der Waals surface area contributed by atoms with E-state index in [1.54, 1.807) is 4.90 Å². The van der Waals surface area contributed by atoms with Crippen molar-refractivity contribution in [3.8, 4) is 6.07 Å². The predicted octanol–water partition coefficient (Wildman–Crippen LogP) is 2.71. The number of benzene rings is 1. The smallest absolute Gasteiger partial charge is 0.256 e. The fraction of sp³-hybridized carbons (Fsp3) is 0.300. The van der Waals surface area contributed by atoms with Crippen LogP contribution in [0, 0.1) is 17.1 Å². The number of carbonyl (C=O) groups excluding carboxylic acids is 1. The molecule has 3 heterocycles. The van der Waals surface area contributed by atoms with E-state index in [-0.39, 0.29) is 23.1 Å². The number of aromatic amines is 1. The molecule has 0 atom stereocenters. The Balaban J connectivity index is 1.45. The van der Waals surface area contributed by atoms with E-state index >= 15 is 0 Å². The van der Waals surface area contributed by atoms with Gasteiger partial charge in [-0.3, -0.25) is 4.79 Å². The Kier molecular flexibility index (Phi) is 4.65. The number of nitriles is 1. The molecule has 1 aliphatic rings. The van der Waals surface area contributed by atoms with Gasteiger partial charge in [0.15, 0.2) is 0 Å². The van der Waals surface area contributed by atoms with Crippen LogP contribution in [0.4, 0.5) is 10.2 Å². The Morgan fingerprint density at radius 2 is 2.11 bits per heavy atom. The molecule has 0 spiro atoms.